The van der Waals surface area contributed by atoms with Crippen LogP contribution < -0.4 is 20.1 Å². The van der Waals surface area contributed by atoms with Crippen LogP contribution in [0.4, 0.5) is 16.2 Å². The van der Waals surface area contributed by atoms with Gasteiger partial charge in [0.25, 0.3) is 5.91 Å². The SMILES string of the molecule is CC(=O)Oc1c(C)c(C)c2c(c1C)C=C(C(=O)Nc1ccccc1NC(=O)OC(C)(C)C)CO2. The van der Waals surface area contributed by atoms with Crippen molar-refractivity contribution < 1.29 is 28.6 Å². The molecule has 8 heteroatoms. The number of ether oxygens (including phenoxy) is 3. The molecule has 8 nitrogen and oxygen atoms in total. The summed E-state index contributed by atoms with van der Waals surface area (Å²) in [7, 11) is 0. The molecule has 2 aromatic rings. The number of fused-ring (bicyclic) bond motifs is 1. The van der Waals surface area contributed by atoms with Crippen LogP contribution in [0.3, 0.4) is 0 Å². The molecule has 0 fully saturated rings. The summed E-state index contributed by atoms with van der Waals surface area (Å²) in [4.78, 5) is 36.9. The molecule has 0 saturated heterocycles. The molecule has 0 aliphatic carbocycles. The third kappa shape index (κ3) is 5.57. The molecule has 2 aromatic carbocycles. The second kappa shape index (κ2) is 9.59. The Morgan fingerprint density at radius 1 is 0.941 bits per heavy atom. The maximum absolute atomic E-state index is 13.1. The van der Waals surface area contributed by atoms with Crippen molar-refractivity contribution in [1.29, 1.82) is 0 Å². The lowest BCUT2D eigenvalue weighted by molar-refractivity contribution is -0.132. The summed E-state index contributed by atoms with van der Waals surface area (Å²) in [5.74, 6) is 0.334. The summed E-state index contributed by atoms with van der Waals surface area (Å²) in [6, 6.07) is 6.84. The van der Waals surface area contributed by atoms with Gasteiger partial charge in [-0.15, -0.1) is 0 Å². The van der Waals surface area contributed by atoms with Crippen LogP contribution >= 0.6 is 0 Å². The Morgan fingerprint density at radius 2 is 1.56 bits per heavy atom. The largest absolute Gasteiger partial charge is 0.488 e. The summed E-state index contributed by atoms with van der Waals surface area (Å²) < 4.78 is 16.7. The highest BCUT2D eigenvalue weighted by atomic mass is 16.6. The highest BCUT2D eigenvalue weighted by Gasteiger charge is 2.25. The maximum Gasteiger partial charge on any atom is 0.412 e. The number of nitrogens with one attached hydrogen (secondary N) is 2. The van der Waals surface area contributed by atoms with Gasteiger partial charge < -0.3 is 19.5 Å². The number of hydrogen-bond acceptors (Lipinski definition) is 6. The number of carbonyl (C=O) groups is 3. The molecule has 0 saturated carbocycles. The topological polar surface area (TPSA) is 103 Å². The Balaban J connectivity index is 1.88. The van der Waals surface area contributed by atoms with E-state index in [4.69, 9.17) is 14.2 Å². The molecule has 2 N–H and O–H groups in total. The number of benzene rings is 2. The third-order valence-corrected chi connectivity index (χ3v) is 5.27. The molecule has 34 heavy (non-hydrogen) atoms. The average Bonchev–Trinajstić information content (AvgIpc) is 2.74. The molecule has 0 spiro atoms. The maximum atomic E-state index is 13.1. The normalized spacial score (nSPS) is 12.6. The highest BCUT2D eigenvalue weighted by Crippen LogP contribution is 2.41. The van der Waals surface area contributed by atoms with Crippen molar-refractivity contribution in [3.63, 3.8) is 0 Å². The molecular formula is C26H30N2O6. The molecule has 0 aromatic heterocycles. The molecule has 180 valence electrons. The predicted molar refractivity (Wildman–Crippen MR) is 130 cm³/mol. The van der Waals surface area contributed by atoms with Gasteiger partial charge in [0.05, 0.1) is 16.9 Å². The fraction of sp³-hybridized carbons (Fsp3) is 0.346. The molecule has 1 heterocycles. The minimum absolute atomic E-state index is 0.0765. The zero-order valence-corrected chi connectivity index (χ0v) is 20.5. The number of para-hydroxylation sites is 2. The van der Waals surface area contributed by atoms with Crippen LogP contribution in [-0.4, -0.2) is 30.2 Å². The van der Waals surface area contributed by atoms with E-state index in [0.717, 1.165) is 11.1 Å². The van der Waals surface area contributed by atoms with E-state index in [9.17, 15) is 14.4 Å². The van der Waals surface area contributed by atoms with Crippen molar-refractivity contribution in [2.24, 2.45) is 0 Å². The zero-order chi connectivity index (χ0) is 25.2. The van der Waals surface area contributed by atoms with E-state index in [-0.39, 0.29) is 12.5 Å². The standard InChI is InChI=1S/C26H30N2O6/c1-14-15(2)23-19(16(3)22(14)33-17(4)29)12-18(13-32-23)24(30)27-20-10-8-9-11-21(20)28-25(31)34-26(5,6)7/h8-12H,13H2,1-7H3,(H,27,30)(H,28,31). The van der Waals surface area contributed by atoms with E-state index >= 15 is 0 Å². The number of amides is 2. The number of anilines is 2. The second-order valence-electron chi connectivity index (χ2n) is 9.13. The fourth-order valence-corrected chi connectivity index (χ4v) is 3.59. The third-order valence-electron chi connectivity index (χ3n) is 5.27. The van der Waals surface area contributed by atoms with Crippen LogP contribution in [0.5, 0.6) is 11.5 Å². The molecular weight excluding hydrogens is 436 g/mol. The van der Waals surface area contributed by atoms with Crippen molar-refractivity contribution in [1.82, 2.24) is 0 Å². The highest BCUT2D eigenvalue weighted by molar-refractivity contribution is 6.09. The lowest BCUT2D eigenvalue weighted by Crippen LogP contribution is -2.28. The summed E-state index contributed by atoms with van der Waals surface area (Å²) in [5, 5.41) is 5.49. The monoisotopic (exact) mass is 466 g/mol. The average molecular weight is 467 g/mol. The van der Waals surface area contributed by atoms with Gasteiger partial charge in [0.2, 0.25) is 0 Å². The molecule has 0 bridgehead atoms. The molecule has 0 atom stereocenters. The van der Waals surface area contributed by atoms with Crippen molar-refractivity contribution in [2.45, 2.75) is 54.1 Å². The van der Waals surface area contributed by atoms with E-state index in [1.54, 1.807) is 51.1 Å². The molecule has 0 radical (unpaired) electrons. The van der Waals surface area contributed by atoms with Crippen molar-refractivity contribution in [2.75, 3.05) is 17.2 Å². The first-order valence-electron chi connectivity index (χ1n) is 10.9. The lowest BCUT2D eigenvalue weighted by Gasteiger charge is -2.24. The van der Waals surface area contributed by atoms with Crippen LogP contribution in [0.1, 0.15) is 49.9 Å². The summed E-state index contributed by atoms with van der Waals surface area (Å²) in [6.07, 6.45) is 1.12. The fourth-order valence-electron chi connectivity index (χ4n) is 3.59. The lowest BCUT2D eigenvalue weighted by atomic mass is 9.94. The van der Waals surface area contributed by atoms with Crippen molar-refractivity contribution in [3.8, 4) is 11.5 Å². The van der Waals surface area contributed by atoms with Gasteiger partial charge in [0, 0.05) is 18.1 Å². The predicted octanol–water partition coefficient (Wildman–Crippen LogP) is 5.30. The number of carbonyl (C=O) groups excluding carboxylic acids is 3. The Hall–Kier alpha value is -3.81. The van der Waals surface area contributed by atoms with E-state index in [1.165, 1.54) is 6.92 Å². The molecule has 1 aliphatic rings. The van der Waals surface area contributed by atoms with E-state index in [0.29, 0.717) is 39.6 Å². The van der Waals surface area contributed by atoms with Crippen molar-refractivity contribution in [3.05, 3.63) is 52.1 Å². The van der Waals surface area contributed by atoms with Crippen molar-refractivity contribution >= 4 is 35.4 Å². The molecule has 2 amide bonds. The molecule has 1 aliphatic heterocycles. The van der Waals surface area contributed by atoms with Gasteiger partial charge >= 0.3 is 12.1 Å². The molecule has 3 rings (SSSR count). The summed E-state index contributed by atoms with van der Waals surface area (Å²) in [5.41, 5.74) is 3.62. The minimum Gasteiger partial charge on any atom is -0.488 e. The summed E-state index contributed by atoms with van der Waals surface area (Å²) in [6.45, 7) is 12.3. The smallest absolute Gasteiger partial charge is 0.412 e. The number of rotatable bonds is 4. The van der Waals surface area contributed by atoms with Gasteiger partial charge in [-0.1, -0.05) is 12.1 Å². The van der Waals surface area contributed by atoms with E-state index in [2.05, 4.69) is 10.6 Å². The van der Waals surface area contributed by atoms with E-state index in [1.807, 2.05) is 20.8 Å². The first-order chi connectivity index (χ1) is 15.9. The van der Waals surface area contributed by atoms with Crippen LogP contribution in [-0.2, 0) is 14.3 Å². The molecule has 0 unspecified atom stereocenters. The Kier molecular flexibility index (Phi) is 7.00. The van der Waals surface area contributed by atoms with Gasteiger partial charge in [0.1, 0.15) is 23.7 Å². The van der Waals surface area contributed by atoms with Gasteiger partial charge in [-0.3, -0.25) is 14.9 Å². The van der Waals surface area contributed by atoms with Crippen LogP contribution in [0.2, 0.25) is 0 Å². The van der Waals surface area contributed by atoms with Gasteiger partial charge in [-0.2, -0.15) is 0 Å². The van der Waals surface area contributed by atoms with Crippen LogP contribution in [0.25, 0.3) is 6.08 Å². The Bertz CT molecular complexity index is 1190. The first kappa shape index (κ1) is 24.8. The quantitative estimate of drug-likeness (QED) is 0.468. The van der Waals surface area contributed by atoms with Gasteiger partial charge in [-0.25, -0.2) is 4.79 Å². The van der Waals surface area contributed by atoms with Crippen LogP contribution in [0.15, 0.2) is 29.8 Å². The number of hydrogen-bond donors (Lipinski definition) is 2. The summed E-state index contributed by atoms with van der Waals surface area (Å²) >= 11 is 0. The van der Waals surface area contributed by atoms with E-state index < -0.39 is 17.7 Å². The van der Waals surface area contributed by atoms with Crippen LogP contribution in [0, 0.1) is 20.8 Å². The Morgan fingerprint density at radius 3 is 2.15 bits per heavy atom. The zero-order valence-electron chi connectivity index (χ0n) is 20.5. The number of esters is 1. The Labute approximate surface area is 199 Å². The second-order valence-corrected chi connectivity index (χ2v) is 9.13. The van der Waals surface area contributed by atoms with Gasteiger partial charge in [0.15, 0.2) is 0 Å². The minimum atomic E-state index is -0.654. The first-order valence-corrected chi connectivity index (χ1v) is 10.9. The van der Waals surface area contributed by atoms with Gasteiger partial charge in [-0.05, 0) is 70.9 Å².